The maximum absolute atomic E-state index is 10.3. The quantitative estimate of drug-likeness (QED) is 0.295. The molecule has 0 amide bonds. The third kappa shape index (κ3) is 7.04. The molecule has 8 nitrogen and oxygen atoms in total. The number of phenols is 1. The van der Waals surface area contributed by atoms with Crippen LogP contribution in [0.5, 0.6) is 17.2 Å². The average molecular weight is 504 g/mol. The summed E-state index contributed by atoms with van der Waals surface area (Å²) in [6.07, 6.45) is 1.71. The lowest BCUT2D eigenvalue weighted by Crippen LogP contribution is -2.07. The number of imidazole rings is 1. The number of carbonyl (C=O) groups is 1. The van der Waals surface area contributed by atoms with Crippen molar-refractivity contribution in [3.63, 3.8) is 0 Å². The number of phenolic OH excluding ortho intramolecular Hbond substituents is 1. The van der Waals surface area contributed by atoms with E-state index in [1.807, 2.05) is 20.2 Å². The van der Waals surface area contributed by atoms with Crippen LogP contribution in [0, 0.1) is 0 Å². The molecule has 0 atom stereocenters. The molecule has 0 spiro atoms. The zero-order valence-corrected chi connectivity index (χ0v) is 21.8. The van der Waals surface area contributed by atoms with Crippen molar-refractivity contribution < 1.29 is 24.5 Å². The van der Waals surface area contributed by atoms with Crippen LogP contribution >= 0.6 is 0 Å². The number of anilines is 1. The Labute approximate surface area is 217 Å². The van der Waals surface area contributed by atoms with Crippen LogP contribution in [-0.4, -0.2) is 54.5 Å². The summed E-state index contributed by atoms with van der Waals surface area (Å²) in [5.41, 5.74) is 6.20. The minimum atomic E-state index is -0.833. The van der Waals surface area contributed by atoms with Gasteiger partial charge < -0.3 is 29.6 Å². The number of methoxy groups -OCH3 is 2. The Balaban J connectivity index is 0.000000886. The van der Waals surface area contributed by atoms with E-state index in [-0.39, 0.29) is 5.75 Å². The number of carboxylic acids is 1. The zero-order valence-electron chi connectivity index (χ0n) is 21.8. The molecule has 37 heavy (non-hydrogen) atoms. The van der Waals surface area contributed by atoms with E-state index in [9.17, 15) is 5.11 Å². The monoisotopic (exact) mass is 503 g/mol. The van der Waals surface area contributed by atoms with E-state index in [4.69, 9.17) is 24.4 Å². The fourth-order valence-electron chi connectivity index (χ4n) is 3.83. The third-order valence-electron chi connectivity index (χ3n) is 5.70. The largest absolute Gasteiger partial charge is 0.502 e. The molecule has 8 heteroatoms. The standard InChI is InChI=1S/C27H29N3O3.C2H4O2/c1-30(2)21-13-11-19(12-14-21)25-22(15-10-18-8-6-5-7-9-18)28-27(29-25)20-16-23(32-3)26(31)24(17-20)33-4;1-2(3)4/h5-9,11-14,16-17,31H,10,15H2,1-4H3,(H,28,29);1H3,(H,3,4). The van der Waals surface area contributed by atoms with Gasteiger partial charge in [0.15, 0.2) is 11.5 Å². The van der Waals surface area contributed by atoms with Crippen LogP contribution in [0.15, 0.2) is 66.7 Å². The van der Waals surface area contributed by atoms with Crippen LogP contribution in [0.25, 0.3) is 22.6 Å². The number of ether oxygens (including phenoxy) is 2. The van der Waals surface area contributed by atoms with Gasteiger partial charge in [-0.1, -0.05) is 42.5 Å². The second-order valence-electron chi connectivity index (χ2n) is 8.59. The van der Waals surface area contributed by atoms with Crippen LogP contribution in [0.3, 0.4) is 0 Å². The topological polar surface area (TPSA) is 108 Å². The van der Waals surface area contributed by atoms with Crippen LogP contribution in [0.2, 0.25) is 0 Å². The summed E-state index contributed by atoms with van der Waals surface area (Å²) >= 11 is 0. The summed E-state index contributed by atoms with van der Waals surface area (Å²) in [5.74, 6) is 0.507. The molecule has 0 aliphatic heterocycles. The summed E-state index contributed by atoms with van der Waals surface area (Å²) in [6.45, 7) is 1.08. The van der Waals surface area contributed by atoms with Crippen molar-refractivity contribution in [3.05, 3.63) is 78.0 Å². The first-order valence-corrected chi connectivity index (χ1v) is 11.8. The van der Waals surface area contributed by atoms with Gasteiger partial charge in [0.05, 0.1) is 19.9 Å². The number of H-pyrrole nitrogens is 1. The lowest BCUT2D eigenvalue weighted by atomic mass is 10.0. The number of carboxylic acid groups (broad SMARTS) is 1. The number of aliphatic carboxylic acids is 1. The second-order valence-corrected chi connectivity index (χ2v) is 8.59. The Kier molecular flexibility index (Phi) is 9.16. The van der Waals surface area contributed by atoms with Gasteiger partial charge in [-0.15, -0.1) is 0 Å². The first-order valence-electron chi connectivity index (χ1n) is 11.8. The molecule has 0 bridgehead atoms. The first kappa shape index (κ1) is 27.1. The van der Waals surface area contributed by atoms with Crippen molar-refractivity contribution in [3.8, 4) is 39.9 Å². The maximum atomic E-state index is 10.3. The molecule has 0 aliphatic rings. The molecular formula is C29H33N3O5. The Morgan fingerprint density at radius 3 is 2.00 bits per heavy atom. The number of aryl methyl sites for hydroxylation is 2. The molecule has 0 unspecified atom stereocenters. The lowest BCUT2D eigenvalue weighted by Gasteiger charge is -2.12. The summed E-state index contributed by atoms with van der Waals surface area (Å²) in [4.78, 5) is 19.5. The van der Waals surface area contributed by atoms with Crippen LogP contribution in [0.1, 0.15) is 18.2 Å². The number of nitrogens with one attached hydrogen (secondary N) is 1. The van der Waals surface area contributed by atoms with Crippen molar-refractivity contribution in [2.24, 2.45) is 0 Å². The zero-order chi connectivity index (χ0) is 26.9. The molecule has 4 rings (SSSR count). The van der Waals surface area contributed by atoms with E-state index in [0.717, 1.165) is 48.0 Å². The minimum Gasteiger partial charge on any atom is -0.502 e. The first-order chi connectivity index (χ1) is 17.7. The normalized spacial score (nSPS) is 10.3. The molecule has 194 valence electrons. The van der Waals surface area contributed by atoms with Gasteiger partial charge in [-0.3, -0.25) is 4.79 Å². The van der Waals surface area contributed by atoms with Gasteiger partial charge in [-0.2, -0.15) is 0 Å². The molecule has 1 heterocycles. The number of aromatic hydroxyl groups is 1. The highest BCUT2D eigenvalue weighted by Crippen LogP contribution is 2.40. The highest BCUT2D eigenvalue weighted by molar-refractivity contribution is 5.72. The van der Waals surface area contributed by atoms with Crippen LogP contribution < -0.4 is 14.4 Å². The molecule has 0 saturated heterocycles. The lowest BCUT2D eigenvalue weighted by molar-refractivity contribution is -0.134. The molecule has 0 radical (unpaired) electrons. The number of hydrogen-bond donors (Lipinski definition) is 3. The van der Waals surface area contributed by atoms with Gasteiger partial charge in [0.25, 0.3) is 5.97 Å². The van der Waals surface area contributed by atoms with Gasteiger partial charge >= 0.3 is 0 Å². The van der Waals surface area contributed by atoms with Crippen molar-refractivity contribution in [2.45, 2.75) is 19.8 Å². The average Bonchev–Trinajstić information content (AvgIpc) is 3.32. The van der Waals surface area contributed by atoms with Gasteiger partial charge in [-0.05, 0) is 42.7 Å². The van der Waals surface area contributed by atoms with E-state index in [2.05, 4.69) is 58.4 Å². The molecular weight excluding hydrogens is 470 g/mol. The Hall–Kier alpha value is -4.46. The molecule has 1 aromatic heterocycles. The number of rotatable bonds is 8. The summed E-state index contributed by atoms with van der Waals surface area (Å²) in [6, 6.07) is 22.3. The van der Waals surface area contributed by atoms with E-state index in [1.165, 1.54) is 19.8 Å². The summed E-state index contributed by atoms with van der Waals surface area (Å²) < 4.78 is 10.7. The summed E-state index contributed by atoms with van der Waals surface area (Å²) in [7, 11) is 7.09. The van der Waals surface area contributed by atoms with Crippen molar-refractivity contribution in [1.82, 2.24) is 9.97 Å². The fraction of sp³-hybridized carbons (Fsp3) is 0.241. The number of aromatic amines is 1. The Morgan fingerprint density at radius 2 is 1.49 bits per heavy atom. The fourth-order valence-corrected chi connectivity index (χ4v) is 3.83. The highest BCUT2D eigenvalue weighted by atomic mass is 16.5. The van der Waals surface area contributed by atoms with E-state index in [1.54, 1.807) is 12.1 Å². The van der Waals surface area contributed by atoms with E-state index < -0.39 is 5.97 Å². The van der Waals surface area contributed by atoms with Gasteiger partial charge in [0.1, 0.15) is 5.82 Å². The summed E-state index contributed by atoms with van der Waals surface area (Å²) in [5, 5.41) is 17.7. The Morgan fingerprint density at radius 1 is 0.919 bits per heavy atom. The molecule has 0 fully saturated rings. The van der Waals surface area contributed by atoms with Crippen molar-refractivity contribution in [2.75, 3.05) is 33.2 Å². The van der Waals surface area contributed by atoms with Crippen LogP contribution in [0.4, 0.5) is 5.69 Å². The minimum absolute atomic E-state index is 0.0286. The molecule has 0 aliphatic carbocycles. The highest BCUT2D eigenvalue weighted by Gasteiger charge is 2.18. The number of benzene rings is 3. The van der Waals surface area contributed by atoms with Crippen molar-refractivity contribution >= 4 is 11.7 Å². The van der Waals surface area contributed by atoms with Gasteiger partial charge in [-0.25, -0.2) is 4.98 Å². The predicted octanol–water partition coefficient (Wildman–Crippen LogP) is 5.41. The maximum Gasteiger partial charge on any atom is 0.300 e. The van der Waals surface area contributed by atoms with Gasteiger partial charge in [0.2, 0.25) is 5.75 Å². The number of hydrogen-bond acceptors (Lipinski definition) is 6. The predicted molar refractivity (Wildman–Crippen MR) is 146 cm³/mol. The Bertz CT molecular complexity index is 1290. The van der Waals surface area contributed by atoms with Gasteiger partial charge in [0, 0.05) is 43.5 Å². The molecule has 3 N–H and O–H groups in total. The van der Waals surface area contributed by atoms with Crippen LogP contribution in [-0.2, 0) is 17.6 Å². The van der Waals surface area contributed by atoms with E-state index in [0.29, 0.717) is 17.3 Å². The number of nitrogens with zero attached hydrogens (tertiary/aromatic N) is 2. The molecule has 3 aromatic carbocycles. The molecule has 0 saturated carbocycles. The molecule has 4 aromatic rings. The smallest absolute Gasteiger partial charge is 0.300 e. The van der Waals surface area contributed by atoms with E-state index >= 15 is 0 Å². The third-order valence-corrected chi connectivity index (χ3v) is 5.70. The SMILES string of the molecule is CC(=O)O.COc1cc(-c2nc(-c3ccc(N(C)C)cc3)c(CCc3ccccc3)[nH]2)cc(OC)c1O. The number of aromatic nitrogens is 2. The van der Waals surface area contributed by atoms with Crippen molar-refractivity contribution in [1.29, 1.82) is 0 Å². The second kappa shape index (κ2) is 12.5.